The third-order valence-electron chi connectivity index (χ3n) is 4.12. The standard InChI is InChI=1S/C21H19Cl3N4O3S/c1-3-8-28-19(11-31-18-10-14(23)4-6-15(18)24)26-27-21(28)32-12-20(29)25-16-9-13(22)5-7-17(16)30-2/h3-7,9-10H,1,8,11-12H2,2H3,(H,25,29). The average Bonchev–Trinajstić information content (AvgIpc) is 3.15. The van der Waals surface area contributed by atoms with E-state index in [4.69, 9.17) is 44.3 Å². The normalized spacial score (nSPS) is 10.6. The van der Waals surface area contributed by atoms with Gasteiger partial charge in [-0.15, -0.1) is 16.8 Å². The Labute approximate surface area is 204 Å². The minimum atomic E-state index is -0.243. The van der Waals surface area contributed by atoms with Gasteiger partial charge in [-0.1, -0.05) is 52.6 Å². The number of rotatable bonds is 10. The Bertz CT molecular complexity index is 1120. The van der Waals surface area contributed by atoms with Gasteiger partial charge >= 0.3 is 0 Å². The number of nitrogens with zero attached hydrogens (tertiary/aromatic N) is 3. The van der Waals surface area contributed by atoms with Crippen molar-refractivity contribution in [3.63, 3.8) is 0 Å². The fraction of sp³-hybridized carbons (Fsp3) is 0.190. The topological polar surface area (TPSA) is 78.3 Å². The van der Waals surface area contributed by atoms with Gasteiger partial charge in [0.05, 0.1) is 23.6 Å². The molecular weight excluding hydrogens is 495 g/mol. The van der Waals surface area contributed by atoms with Gasteiger partial charge in [-0.2, -0.15) is 0 Å². The smallest absolute Gasteiger partial charge is 0.234 e. The zero-order valence-corrected chi connectivity index (χ0v) is 20.1. The molecule has 2 aromatic carbocycles. The molecule has 1 amide bonds. The molecule has 0 saturated heterocycles. The van der Waals surface area contributed by atoms with Crippen LogP contribution in [-0.4, -0.2) is 33.5 Å². The van der Waals surface area contributed by atoms with Crippen LogP contribution in [0.4, 0.5) is 5.69 Å². The number of aromatic nitrogens is 3. The molecule has 1 N–H and O–H groups in total. The number of amides is 1. The van der Waals surface area contributed by atoms with Crippen molar-refractivity contribution in [3.8, 4) is 11.5 Å². The number of methoxy groups -OCH3 is 1. The maximum atomic E-state index is 12.5. The summed E-state index contributed by atoms with van der Waals surface area (Å²) in [5.74, 6) is 1.37. The van der Waals surface area contributed by atoms with Crippen LogP contribution in [0.5, 0.6) is 11.5 Å². The van der Waals surface area contributed by atoms with Crippen LogP contribution in [0.3, 0.4) is 0 Å². The Hall–Kier alpha value is -2.39. The molecule has 0 saturated carbocycles. The third kappa shape index (κ3) is 6.32. The lowest BCUT2D eigenvalue weighted by Crippen LogP contribution is -2.15. The molecule has 3 rings (SSSR count). The number of nitrogens with one attached hydrogen (secondary N) is 1. The highest BCUT2D eigenvalue weighted by Gasteiger charge is 2.16. The zero-order chi connectivity index (χ0) is 23.1. The quantitative estimate of drug-likeness (QED) is 0.275. The van der Waals surface area contributed by atoms with E-state index in [1.807, 2.05) is 4.57 Å². The number of carbonyl (C=O) groups excluding carboxylic acids is 1. The van der Waals surface area contributed by atoms with E-state index in [-0.39, 0.29) is 18.3 Å². The molecule has 0 aliphatic heterocycles. The lowest BCUT2D eigenvalue weighted by Gasteiger charge is -2.11. The number of allylic oxidation sites excluding steroid dienone is 1. The first kappa shape index (κ1) is 24.3. The van der Waals surface area contributed by atoms with Gasteiger partial charge in [0.25, 0.3) is 0 Å². The van der Waals surface area contributed by atoms with E-state index >= 15 is 0 Å². The molecule has 0 spiro atoms. The largest absolute Gasteiger partial charge is 0.495 e. The lowest BCUT2D eigenvalue weighted by atomic mass is 10.3. The van der Waals surface area contributed by atoms with Gasteiger partial charge in [0.2, 0.25) is 5.91 Å². The molecule has 0 fully saturated rings. The van der Waals surface area contributed by atoms with E-state index in [0.717, 1.165) is 0 Å². The number of halogens is 3. The van der Waals surface area contributed by atoms with Crippen LogP contribution in [-0.2, 0) is 17.9 Å². The van der Waals surface area contributed by atoms with Gasteiger partial charge in [0.15, 0.2) is 11.0 Å². The number of ether oxygens (including phenoxy) is 2. The molecule has 0 radical (unpaired) electrons. The first-order chi connectivity index (χ1) is 15.4. The summed E-state index contributed by atoms with van der Waals surface area (Å²) in [4.78, 5) is 12.5. The van der Waals surface area contributed by atoms with E-state index in [2.05, 4.69) is 22.1 Å². The molecule has 3 aromatic rings. The summed E-state index contributed by atoms with van der Waals surface area (Å²) < 4.78 is 12.8. The van der Waals surface area contributed by atoms with E-state index in [0.29, 0.717) is 49.8 Å². The summed E-state index contributed by atoms with van der Waals surface area (Å²) in [5.41, 5.74) is 0.491. The summed E-state index contributed by atoms with van der Waals surface area (Å²) in [6, 6.07) is 9.95. The predicted octanol–water partition coefficient (Wildman–Crippen LogP) is 5.74. The molecule has 0 aliphatic rings. The van der Waals surface area contributed by atoms with Crippen molar-refractivity contribution >= 4 is 58.2 Å². The van der Waals surface area contributed by atoms with Gasteiger partial charge in [-0.05, 0) is 30.3 Å². The Morgan fingerprint density at radius 2 is 1.91 bits per heavy atom. The second-order valence-electron chi connectivity index (χ2n) is 6.34. The molecule has 7 nitrogen and oxygen atoms in total. The second kappa shape index (κ2) is 11.5. The van der Waals surface area contributed by atoms with Gasteiger partial charge in [-0.3, -0.25) is 9.36 Å². The second-order valence-corrected chi connectivity index (χ2v) is 8.57. The van der Waals surface area contributed by atoms with Crippen molar-refractivity contribution in [2.24, 2.45) is 0 Å². The van der Waals surface area contributed by atoms with Crippen LogP contribution in [0, 0.1) is 0 Å². The Morgan fingerprint density at radius 3 is 2.66 bits per heavy atom. The summed E-state index contributed by atoms with van der Waals surface area (Å²) >= 11 is 19.4. The van der Waals surface area contributed by atoms with Crippen LogP contribution in [0.1, 0.15) is 5.82 Å². The maximum Gasteiger partial charge on any atom is 0.234 e. The summed E-state index contributed by atoms with van der Waals surface area (Å²) in [7, 11) is 1.52. The van der Waals surface area contributed by atoms with Gasteiger partial charge in [-0.25, -0.2) is 0 Å². The van der Waals surface area contributed by atoms with Gasteiger partial charge in [0, 0.05) is 22.7 Å². The Kier molecular flexibility index (Phi) is 8.69. The fourth-order valence-electron chi connectivity index (χ4n) is 2.67. The summed E-state index contributed by atoms with van der Waals surface area (Å²) in [6.07, 6.45) is 1.71. The van der Waals surface area contributed by atoms with Crippen molar-refractivity contribution < 1.29 is 14.3 Å². The lowest BCUT2D eigenvalue weighted by molar-refractivity contribution is -0.113. The van der Waals surface area contributed by atoms with Crippen molar-refractivity contribution in [1.29, 1.82) is 0 Å². The van der Waals surface area contributed by atoms with Gasteiger partial charge in [0.1, 0.15) is 18.1 Å². The minimum absolute atomic E-state index is 0.103. The maximum absolute atomic E-state index is 12.5. The number of hydrogen-bond donors (Lipinski definition) is 1. The van der Waals surface area contributed by atoms with Crippen LogP contribution >= 0.6 is 46.6 Å². The van der Waals surface area contributed by atoms with E-state index in [9.17, 15) is 4.79 Å². The predicted molar refractivity (Wildman–Crippen MR) is 128 cm³/mol. The number of anilines is 1. The van der Waals surface area contributed by atoms with Crippen molar-refractivity contribution in [1.82, 2.24) is 14.8 Å². The number of hydrogen-bond acceptors (Lipinski definition) is 6. The minimum Gasteiger partial charge on any atom is -0.495 e. The molecule has 168 valence electrons. The molecule has 0 unspecified atom stereocenters. The molecular formula is C21H19Cl3N4O3S. The van der Waals surface area contributed by atoms with Crippen molar-refractivity contribution in [2.45, 2.75) is 18.3 Å². The van der Waals surface area contributed by atoms with E-state index in [1.54, 1.807) is 42.5 Å². The molecule has 11 heteroatoms. The van der Waals surface area contributed by atoms with Gasteiger partial charge < -0.3 is 14.8 Å². The van der Waals surface area contributed by atoms with Crippen LogP contribution < -0.4 is 14.8 Å². The molecule has 1 heterocycles. The first-order valence-electron chi connectivity index (χ1n) is 9.28. The molecule has 0 aliphatic carbocycles. The SMILES string of the molecule is C=CCn1c(COc2cc(Cl)ccc2Cl)nnc1SCC(=O)Nc1cc(Cl)ccc1OC. The average molecular weight is 514 g/mol. The fourth-order valence-corrected chi connectivity index (χ4v) is 3.94. The first-order valence-corrected chi connectivity index (χ1v) is 11.4. The highest BCUT2D eigenvalue weighted by Crippen LogP contribution is 2.29. The molecule has 0 atom stereocenters. The van der Waals surface area contributed by atoms with E-state index in [1.165, 1.54) is 18.9 Å². The van der Waals surface area contributed by atoms with Crippen molar-refractivity contribution in [2.75, 3.05) is 18.2 Å². The number of benzene rings is 2. The van der Waals surface area contributed by atoms with E-state index < -0.39 is 0 Å². The van der Waals surface area contributed by atoms with Crippen molar-refractivity contribution in [3.05, 3.63) is 69.9 Å². The summed E-state index contributed by atoms with van der Waals surface area (Å²) in [6.45, 7) is 4.33. The third-order valence-corrected chi connectivity index (χ3v) is 5.87. The molecule has 32 heavy (non-hydrogen) atoms. The Morgan fingerprint density at radius 1 is 1.16 bits per heavy atom. The number of carbonyl (C=O) groups is 1. The monoisotopic (exact) mass is 512 g/mol. The number of thioether (sulfide) groups is 1. The zero-order valence-electron chi connectivity index (χ0n) is 17.0. The van der Waals surface area contributed by atoms with Crippen LogP contribution in [0.25, 0.3) is 0 Å². The molecule has 1 aromatic heterocycles. The molecule has 0 bridgehead atoms. The summed E-state index contributed by atoms with van der Waals surface area (Å²) in [5, 5.41) is 13.1. The van der Waals surface area contributed by atoms with Crippen LogP contribution in [0.15, 0.2) is 54.2 Å². The highest BCUT2D eigenvalue weighted by atomic mass is 35.5. The Balaban J connectivity index is 1.66. The highest BCUT2D eigenvalue weighted by molar-refractivity contribution is 7.99. The van der Waals surface area contributed by atoms with Crippen LogP contribution in [0.2, 0.25) is 15.1 Å².